The minimum absolute atomic E-state index is 0.398. The van der Waals surface area contributed by atoms with Crippen LogP contribution in [0, 0.1) is 5.41 Å². The first kappa shape index (κ1) is 12.5. The van der Waals surface area contributed by atoms with Crippen LogP contribution >= 0.6 is 11.8 Å². The lowest BCUT2D eigenvalue weighted by molar-refractivity contribution is -0.156. The lowest BCUT2D eigenvalue weighted by Crippen LogP contribution is -2.46. The topological polar surface area (TPSA) is 63.3 Å². The van der Waals surface area contributed by atoms with Gasteiger partial charge in [0, 0.05) is 10.9 Å². The predicted octanol–water partition coefficient (Wildman–Crippen LogP) is 2.66. The number of rotatable bonds is 4. The van der Waals surface area contributed by atoms with Gasteiger partial charge in [0.15, 0.2) is 0 Å². The van der Waals surface area contributed by atoms with E-state index in [9.17, 15) is 9.90 Å². The Labute approximate surface area is 105 Å². The van der Waals surface area contributed by atoms with Crippen molar-refractivity contribution < 1.29 is 9.90 Å². The number of carboxylic acid groups (broad SMARTS) is 1. The summed E-state index contributed by atoms with van der Waals surface area (Å²) in [4.78, 5) is 12.5. The lowest BCUT2D eigenvalue weighted by atomic mass is 9.62. The molecule has 1 fully saturated rings. The van der Waals surface area contributed by atoms with Gasteiger partial charge in [-0.15, -0.1) is 11.8 Å². The fraction of sp³-hybridized carbons (Fsp3) is 0.462. The summed E-state index contributed by atoms with van der Waals surface area (Å²) in [6.45, 7) is 0. The van der Waals surface area contributed by atoms with E-state index < -0.39 is 17.4 Å². The number of thioether (sulfide) groups is 1. The van der Waals surface area contributed by atoms with Crippen LogP contribution in [0.1, 0.15) is 30.9 Å². The molecule has 0 spiro atoms. The molecule has 0 aliphatic heterocycles. The standard InChI is InChI=1S/C13H17NO2S/c1-17-10-5-3-9(4-6-10)11(14)13(12(15)16)7-2-8-13/h3-6,11H,2,7-8,14H2,1H3,(H,15,16). The van der Waals surface area contributed by atoms with Crippen molar-refractivity contribution in [3.05, 3.63) is 29.8 Å². The number of aliphatic carboxylic acids is 1. The highest BCUT2D eigenvalue weighted by Gasteiger charge is 2.49. The fourth-order valence-electron chi connectivity index (χ4n) is 2.35. The molecule has 0 aromatic heterocycles. The Morgan fingerprint density at radius 3 is 2.35 bits per heavy atom. The summed E-state index contributed by atoms with van der Waals surface area (Å²) in [5, 5.41) is 9.33. The first-order valence-corrected chi connectivity index (χ1v) is 6.95. The average Bonchev–Trinajstić information content (AvgIpc) is 2.27. The van der Waals surface area contributed by atoms with Gasteiger partial charge >= 0.3 is 5.97 Å². The van der Waals surface area contributed by atoms with Crippen molar-refractivity contribution in [2.45, 2.75) is 30.2 Å². The maximum absolute atomic E-state index is 11.4. The maximum atomic E-state index is 11.4. The molecule has 3 nitrogen and oxygen atoms in total. The molecule has 1 unspecified atom stereocenters. The smallest absolute Gasteiger partial charge is 0.311 e. The monoisotopic (exact) mass is 251 g/mol. The number of hydrogen-bond acceptors (Lipinski definition) is 3. The second kappa shape index (κ2) is 4.70. The fourth-order valence-corrected chi connectivity index (χ4v) is 2.75. The van der Waals surface area contributed by atoms with E-state index >= 15 is 0 Å². The van der Waals surface area contributed by atoms with Crippen LogP contribution in [0.25, 0.3) is 0 Å². The van der Waals surface area contributed by atoms with Crippen molar-refractivity contribution in [3.8, 4) is 0 Å². The largest absolute Gasteiger partial charge is 0.481 e. The predicted molar refractivity (Wildman–Crippen MR) is 69.1 cm³/mol. The summed E-state index contributed by atoms with van der Waals surface area (Å²) in [5.41, 5.74) is 6.33. The third-order valence-corrected chi connectivity index (χ3v) is 4.49. The van der Waals surface area contributed by atoms with Gasteiger partial charge in [0.05, 0.1) is 5.41 Å². The summed E-state index contributed by atoms with van der Waals surface area (Å²) in [6, 6.07) is 7.48. The zero-order valence-electron chi connectivity index (χ0n) is 9.85. The van der Waals surface area contributed by atoms with Gasteiger partial charge in [-0.2, -0.15) is 0 Å². The Kier molecular flexibility index (Phi) is 3.45. The molecular weight excluding hydrogens is 234 g/mol. The van der Waals surface area contributed by atoms with Gasteiger partial charge < -0.3 is 10.8 Å². The minimum Gasteiger partial charge on any atom is -0.481 e. The van der Waals surface area contributed by atoms with Crippen LogP contribution in [0.2, 0.25) is 0 Å². The van der Waals surface area contributed by atoms with Gasteiger partial charge in [0.25, 0.3) is 0 Å². The molecule has 1 aromatic carbocycles. The van der Waals surface area contributed by atoms with Crippen molar-refractivity contribution in [1.29, 1.82) is 0 Å². The molecule has 0 saturated heterocycles. The first-order valence-electron chi connectivity index (χ1n) is 5.73. The maximum Gasteiger partial charge on any atom is 0.311 e. The Bertz CT molecular complexity index is 412. The molecule has 0 radical (unpaired) electrons. The van der Waals surface area contributed by atoms with Crippen molar-refractivity contribution in [2.24, 2.45) is 11.1 Å². The average molecular weight is 251 g/mol. The summed E-state index contributed by atoms with van der Waals surface area (Å²) in [6.07, 6.45) is 4.35. The van der Waals surface area contributed by atoms with Crippen LogP contribution in [0.3, 0.4) is 0 Å². The zero-order chi connectivity index (χ0) is 12.5. The van der Waals surface area contributed by atoms with Gasteiger partial charge in [0.2, 0.25) is 0 Å². The van der Waals surface area contributed by atoms with Crippen molar-refractivity contribution in [3.63, 3.8) is 0 Å². The highest BCUT2D eigenvalue weighted by atomic mass is 32.2. The lowest BCUT2D eigenvalue weighted by Gasteiger charge is -2.42. The van der Waals surface area contributed by atoms with E-state index in [1.54, 1.807) is 11.8 Å². The van der Waals surface area contributed by atoms with Gasteiger partial charge in [0.1, 0.15) is 0 Å². The molecule has 0 heterocycles. The van der Waals surface area contributed by atoms with Gasteiger partial charge in [-0.05, 0) is 36.8 Å². The molecule has 4 heteroatoms. The number of benzene rings is 1. The third-order valence-electron chi connectivity index (χ3n) is 3.74. The Morgan fingerprint density at radius 2 is 2.00 bits per heavy atom. The molecule has 17 heavy (non-hydrogen) atoms. The quantitative estimate of drug-likeness (QED) is 0.808. The molecule has 92 valence electrons. The Hall–Kier alpha value is -1.00. The molecule has 1 aliphatic rings. The number of carboxylic acids is 1. The molecule has 1 aliphatic carbocycles. The molecule has 2 rings (SSSR count). The first-order chi connectivity index (χ1) is 8.10. The molecule has 1 atom stereocenters. The molecule has 0 bridgehead atoms. The van der Waals surface area contributed by atoms with Crippen LogP contribution in [-0.2, 0) is 4.79 Å². The highest BCUT2D eigenvalue weighted by Crippen LogP contribution is 2.49. The van der Waals surface area contributed by atoms with Gasteiger partial charge in [-0.25, -0.2) is 0 Å². The second-order valence-electron chi connectivity index (χ2n) is 4.57. The number of hydrogen-bond donors (Lipinski definition) is 2. The summed E-state index contributed by atoms with van der Waals surface area (Å²) in [5.74, 6) is -0.759. The Morgan fingerprint density at radius 1 is 1.41 bits per heavy atom. The summed E-state index contributed by atoms with van der Waals surface area (Å²) < 4.78 is 0. The van der Waals surface area contributed by atoms with Crippen LogP contribution in [0.5, 0.6) is 0 Å². The van der Waals surface area contributed by atoms with E-state index in [1.165, 1.54) is 4.90 Å². The molecule has 3 N–H and O–H groups in total. The third kappa shape index (κ3) is 2.07. The van der Waals surface area contributed by atoms with Crippen molar-refractivity contribution in [1.82, 2.24) is 0 Å². The van der Waals surface area contributed by atoms with E-state index in [0.29, 0.717) is 12.8 Å². The zero-order valence-corrected chi connectivity index (χ0v) is 10.7. The van der Waals surface area contributed by atoms with E-state index in [4.69, 9.17) is 5.73 Å². The van der Waals surface area contributed by atoms with Crippen LogP contribution in [0.4, 0.5) is 0 Å². The summed E-state index contributed by atoms with van der Waals surface area (Å²) in [7, 11) is 0. The molecule has 1 aromatic rings. The minimum atomic E-state index is -0.759. The van der Waals surface area contributed by atoms with Crippen LogP contribution in [-0.4, -0.2) is 17.3 Å². The second-order valence-corrected chi connectivity index (χ2v) is 5.45. The Balaban J connectivity index is 2.23. The highest BCUT2D eigenvalue weighted by molar-refractivity contribution is 7.98. The van der Waals surface area contributed by atoms with Crippen molar-refractivity contribution in [2.75, 3.05) is 6.26 Å². The van der Waals surface area contributed by atoms with Gasteiger partial charge in [-0.3, -0.25) is 4.79 Å². The van der Waals surface area contributed by atoms with Crippen LogP contribution < -0.4 is 5.73 Å². The van der Waals surface area contributed by atoms with E-state index in [1.807, 2.05) is 30.5 Å². The van der Waals surface area contributed by atoms with Crippen molar-refractivity contribution >= 4 is 17.7 Å². The van der Waals surface area contributed by atoms with Crippen LogP contribution in [0.15, 0.2) is 29.2 Å². The van der Waals surface area contributed by atoms with E-state index in [-0.39, 0.29) is 0 Å². The number of nitrogens with two attached hydrogens (primary N) is 1. The molecular formula is C13H17NO2S. The SMILES string of the molecule is CSc1ccc(C(N)C2(C(=O)O)CCC2)cc1. The van der Waals surface area contributed by atoms with E-state index in [0.717, 1.165) is 12.0 Å². The molecule has 0 amide bonds. The van der Waals surface area contributed by atoms with E-state index in [2.05, 4.69) is 0 Å². The number of carbonyl (C=O) groups is 1. The summed E-state index contributed by atoms with van der Waals surface area (Å²) >= 11 is 1.67. The normalized spacial score (nSPS) is 19.4. The molecule has 1 saturated carbocycles. The van der Waals surface area contributed by atoms with Gasteiger partial charge in [-0.1, -0.05) is 18.6 Å².